The first-order chi connectivity index (χ1) is 7.35. The Labute approximate surface area is 97.7 Å². The lowest BCUT2D eigenvalue weighted by Crippen LogP contribution is -2.30. The van der Waals surface area contributed by atoms with Gasteiger partial charge in [0.1, 0.15) is 11.9 Å². The largest absolute Gasteiger partial charge is 0.358 e. The van der Waals surface area contributed by atoms with Crippen LogP contribution in [0.25, 0.3) is 0 Å². The SMILES string of the molecule is Cc1ccnc(N(C)CC(C)(C)C)c1C#N. The molecule has 0 bridgehead atoms. The van der Waals surface area contributed by atoms with Gasteiger partial charge >= 0.3 is 0 Å². The summed E-state index contributed by atoms with van der Waals surface area (Å²) in [5.74, 6) is 0.775. The fourth-order valence-corrected chi connectivity index (χ4v) is 1.76. The lowest BCUT2D eigenvalue weighted by Gasteiger charge is -2.28. The van der Waals surface area contributed by atoms with Crippen molar-refractivity contribution in [3.63, 3.8) is 0 Å². The average molecular weight is 217 g/mol. The summed E-state index contributed by atoms with van der Waals surface area (Å²) in [5, 5.41) is 9.13. The van der Waals surface area contributed by atoms with E-state index in [4.69, 9.17) is 5.26 Å². The van der Waals surface area contributed by atoms with Gasteiger partial charge in [-0.25, -0.2) is 4.98 Å². The second kappa shape index (κ2) is 4.52. The van der Waals surface area contributed by atoms with E-state index in [1.807, 2.05) is 24.9 Å². The van der Waals surface area contributed by atoms with Gasteiger partial charge in [0.2, 0.25) is 0 Å². The molecule has 1 aromatic heterocycles. The van der Waals surface area contributed by atoms with Crippen molar-refractivity contribution in [1.29, 1.82) is 5.26 Å². The van der Waals surface area contributed by atoms with Gasteiger partial charge in [0.15, 0.2) is 0 Å². The molecule has 0 aliphatic heterocycles. The predicted molar refractivity (Wildman–Crippen MR) is 66.4 cm³/mol. The number of aryl methyl sites for hydroxylation is 1. The first-order valence-electron chi connectivity index (χ1n) is 5.42. The van der Waals surface area contributed by atoms with Crippen LogP contribution in [-0.4, -0.2) is 18.6 Å². The zero-order valence-electron chi connectivity index (χ0n) is 10.7. The molecule has 0 spiro atoms. The van der Waals surface area contributed by atoms with Gasteiger partial charge in [-0.2, -0.15) is 5.26 Å². The topological polar surface area (TPSA) is 39.9 Å². The Hall–Kier alpha value is -1.56. The van der Waals surface area contributed by atoms with E-state index in [-0.39, 0.29) is 5.41 Å². The van der Waals surface area contributed by atoms with Crippen LogP contribution in [-0.2, 0) is 0 Å². The van der Waals surface area contributed by atoms with Crippen molar-refractivity contribution in [2.75, 3.05) is 18.5 Å². The van der Waals surface area contributed by atoms with E-state index in [1.54, 1.807) is 6.20 Å². The Bertz CT molecular complexity index is 410. The monoisotopic (exact) mass is 217 g/mol. The normalized spacial score (nSPS) is 11.0. The highest BCUT2D eigenvalue weighted by Gasteiger charge is 2.17. The summed E-state index contributed by atoms with van der Waals surface area (Å²) in [6.07, 6.45) is 1.75. The van der Waals surface area contributed by atoms with Crippen molar-refractivity contribution < 1.29 is 0 Å². The molecule has 0 radical (unpaired) electrons. The number of anilines is 1. The molecule has 86 valence electrons. The predicted octanol–water partition coefficient (Wildman–Crippen LogP) is 2.74. The Balaban J connectivity index is 3.05. The van der Waals surface area contributed by atoms with Crippen LogP contribution in [0.1, 0.15) is 31.9 Å². The van der Waals surface area contributed by atoms with Crippen LogP contribution < -0.4 is 4.90 Å². The smallest absolute Gasteiger partial charge is 0.146 e. The molecule has 0 aromatic carbocycles. The van der Waals surface area contributed by atoms with Crippen LogP contribution in [0.3, 0.4) is 0 Å². The Morgan fingerprint density at radius 1 is 1.44 bits per heavy atom. The second-order valence-corrected chi connectivity index (χ2v) is 5.35. The Kier molecular flexibility index (Phi) is 3.54. The standard InChI is InChI=1S/C13H19N3/c1-10-6-7-15-12(11(10)8-14)16(5)9-13(2,3)4/h6-7H,9H2,1-5H3. The average Bonchev–Trinajstić information content (AvgIpc) is 2.14. The van der Waals surface area contributed by atoms with E-state index in [2.05, 4.69) is 31.8 Å². The van der Waals surface area contributed by atoms with Crippen LogP contribution in [0.2, 0.25) is 0 Å². The molecule has 0 saturated carbocycles. The molecule has 0 atom stereocenters. The molecule has 0 unspecified atom stereocenters. The molecule has 0 N–H and O–H groups in total. The van der Waals surface area contributed by atoms with Crippen molar-refractivity contribution in [2.45, 2.75) is 27.7 Å². The Morgan fingerprint density at radius 3 is 2.56 bits per heavy atom. The molecule has 0 amide bonds. The molecule has 1 aromatic rings. The van der Waals surface area contributed by atoms with E-state index in [0.717, 1.165) is 17.9 Å². The van der Waals surface area contributed by atoms with Gasteiger partial charge in [0.05, 0.1) is 5.56 Å². The van der Waals surface area contributed by atoms with E-state index in [1.165, 1.54) is 0 Å². The molecule has 1 heterocycles. The number of hydrogen-bond acceptors (Lipinski definition) is 3. The van der Waals surface area contributed by atoms with Gasteiger partial charge < -0.3 is 4.90 Å². The van der Waals surface area contributed by atoms with Crippen molar-refractivity contribution in [2.24, 2.45) is 5.41 Å². The molecule has 16 heavy (non-hydrogen) atoms. The van der Waals surface area contributed by atoms with Crippen molar-refractivity contribution >= 4 is 5.82 Å². The summed E-state index contributed by atoms with van der Waals surface area (Å²) in [7, 11) is 1.98. The third-order valence-electron chi connectivity index (χ3n) is 2.32. The van der Waals surface area contributed by atoms with E-state index < -0.39 is 0 Å². The zero-order valence-corrected chi connectivity index (χ0v) is 10.7. The summed E-state index contributed by atoms with van der Waals surface area (Å²) in [4.78, 5) is 6.35. The first kappa shape index (κ1) is 12.5. The molecule has 3 nitrogen and oxygen atoms in total. The molecule has 0 fully saturated rings. The minimum atomic E-state index is 0.187. The van der Waals surface area contributed by atoms with Gasteiger partial charge in [-0.1, -0.05) is 20.8 Å². The fraction of sp³-hybridized carbons (Fsp3) is 0.538. The summed E-state index contributed by atoms with van der Waals surface area (Å²) in [6, 6.07) is 4.09. The minimum Gasteiger partial charge on any atom is -0.358 e. The quantitative estimate of drug-likeness (QED) is 0.764. The lowest BCUT2D eigenvalue weighted by atomic mass is 9.96. The number of rotatable bonds is 2. The summed E-state index contributed by atoms with van der Waals surface area (Å²) in [5.41, 5.74) is 1.84. The van der Waals surface area contributed by atoms with Crippen molar-refractivity contribution in [3.8, 4) is 6.07 Å². The van der Waals surface area contributed by atoms with Gasteiger partial charge in [-0.3, -0.25) is 0 Å². The van der Waals surface area contributed by atoms with Crippen LogP contribution in [0.4, 0.5) is 5.82 Å². The molecular weight excluding hydrogens is 198 g/mol. The van der Waals surface area contributed by atoms with Crippen molar-refractivity contribution in [3.05, 3.63) is 23.4 Å². The maximum Gasteiger partial charge on any atom is 0.146 e. The number of hydrogen-bond donors (Lipinski definition) is 0. The highest BCUT2D eigenvalue weighted by Crippen LogP contribution is 2.22. The number of nitrogens with zero attached hydrogens (tertiary/aromatic N) is 3. The zero-order chi connectivity index (χ0) is 12.3. The number of nitriles is 1. The first-order valence-corrected chi connectivity index (χ1v) is 5.42. The highest BCUT2D eigenvalue weighted by atomic mass is 15.2. The molecule has 0 aliphatic carbocycles. The summed E-state index contributed by atoms with van der Waals surface area (Å²) < 4.78 is 0. The van der Waals surface area contributed by atoms with Gasteiger partial charge in [0.25, 0.3) is 0 Å². The van der Waals surface area contributed by atoms with Gasteiger partial charge in [-0.05, 0) is 24.0 Å². The minimum absolute atomic E-state index is 0.187. The van der Waals surface area contributed by atoms with E-state index in [0.29, 0.717) is 5.56 Å². The van der Waals surface area contributed by atoms with Gasteiger partial charge in [0, 0.05) is 19.8 Å². The highest BCUT2D eigenvalue weighted by molar-refractivity contribution is 5.56. The molecule has 0 saturated heterocycles. The van der Waals surface area contributed by atoms with E-state index in [9.17, 15) is 0 Å². The Morgan fingerprint density at radius 2 is 2.06 bits per heavy atom. The van der Waals surface area contributed by atoms with Crippen LogP contribution in [0.15, 0.2) is 12.3 Å². The third-order valence-corrected chi connectivity index (χ3v) is 2.32. The number of pyridine rings is 1. The number of aromatic nitrogens is 1. The molecule has 1 rings (SSSR count). The van der Waals surface area contributed by atoms with Crippen LogP contribution in [0, 0.1) is 23.7 Å². The fourth-order valence-electron chi connectivity index (χ4n) is 1.76. The lowest BCUT2D eigenvalue weighted by molar-refractivity contribution is 0.417. The maximum atomic E-state index is 9.13. The third kappa shape index (κ3) is 2.96. The van der Waals surface area contributed by atoms with Crippen LogP contribution >= 0.6 is 0 Å². The van der Waals surface area contributed by atoms with Crippen LogP contribution in [0.5, 0.6) is 0 Å². The molecule has 0 aliphatic rings. The molecule has 3 heteroatoms. The maximum absolute atomic E-state index is 9.13. The second-order valence-electron chi connectivity index (χ2n) is 5.35. The summed E-state index contributed by atoms with van der Waals surface area (Å²) >= 11 is 0. The summed E-state index contributed by atoms with van der Waals surface area (Å²) in [6.45, 7) is 9.33. The molecular formula is C13H19N3. The van der Waals surface area contributed by atoms with Crippen molar-refractivity contribution in [1.82, 2.24) is 4.98 Å². The van der Waals surface area contributed by atoms with E-state index >= 15 is 0 Å². The van der Waals surface area contributed by atoms with Gasteiger partial charge in [-0.15, -0.1) is 0 Å².